The van der Waals surface area contributed by atoms with Crippen LogP contribution in [-0.4, -0.2) is 65.3 Å². The SMILES string of the molecule is CC(C)(C)OC(=O)N1CCC[C@@H]2CN(C(=O)OC3C4CC5CC3CC(C(N)=O)(C5)C4)C[C@@H]21. The summed E-state index contributed by atoms with van der Waals surface area (Å²) in [6.45, 7) is 7.41. The molecule has 4 saturated carbocycles. The Morgan fingerprint density at radius 3 is 2.28 bits per heavy atom. The van der Waals surface area contributed by atoms with Crippen molar-refractivity contribution in [2.24, 2.45) is 34.8 Å². The lowest BCUT2D eigenvalue weighted by Gasteiger charge is -2.58. The number of rotatable bonds is 2. The van der Waals surface area contributed by atoms with E-state index in [9.17, 15) is 14.4 Å². The second kappa shape index (κ2) is 7.52. The maximum atomic E-state index is 13.2. The first-order chi connectivity index (χ1) is 15.0. The molecule has 2 saturated heterocycles. The zero-order chi connectivity index (χ0) is 22.8. The molecule has 4 aliphatic carbocycles. The van der Waals surface area contributed by atoms with E-state index in [0.717, 1.165) is 44.9 Å². The first-order valence-electron chi connectivity index (χ1n) is 12.3. The number of likely N-dealkylation sites (tertiary alicyclic amines) is 2. The number of carbonyl (C=O) groups excluding carboxylic acids is 3. The number of carbonyl (C=O) groups is 3. The average Bonchev–Trinajstić information content (AvgIpc) is 3.13. The van der Waals surface area contributed by atoms with Gasteiger partial charge in [0, 0.05) is 19.6 Å². The molecule has 4 atom stereocenters. The number of nitrogens with two attached hydrogens (primary N) is 1. The van der Waals surface area contributed by atoms with Crippen molar-refractivity contribution in [2.45, 2.75) is 83.5 Å². The van der Waals surface area contributed by atoms with Crippen LogP contribution < -0.4 is 5.73 Å². The molecule has 0 aromatic carbocycles. The summed E-state index contributed by atoms with van der Waals surface area (Å²) in [5.74, 6) is 1.10. The van der Waals surface area contributed by atoms with Crippen LogP contribution in [-0.2, 0) is 14.3 Å². The second-order valence-corrected chi connectivity index (χ2v) is 12.0. The zero-order valence-electron chi connectivity index (χ0n) is 19.5. The van der Waals surface area contributed by atoms with Gasteiger partial charge >= 0.3 is 12.2 Å². The quantitative estimate of drug-likeness (QED) is 0.701. The van der Waals surface area contributed by atoms with E-state index in [4.69, 9.17) is 15.2 Å². The highest BCUT2D eigenvalue weighted by molar-refractivity contribution is 5.81. The van der Waals surface area contributed by atoms with Crippen LogP contribution in [0.15, 0.2) is 0 Å². The van der Waals surface area contributed by atoms with Crippen LogP contribution in [0, 0.1) is 29.1 Å². The molecular formula is C24H37N3O5. The van der Waals surface area contributed by atoms with Crippen molar-refractivity contribution in [3.8, 4) is 0 Å². The average molecular weight is 448 g/mol. The molecule has 8 nitrogen and oxygen atoms in total. The molecule has 2 N–H and O–H groups in total. The Bertz CT molecular complexity index is 792. The van der Waals surface area contributed by atoms with Crippen LogP contribution in [0.2, 0.25) is 0 Å². The van der Waals surface area contributed by atoms with Gasteiger partial charge in [-0.15, -0.1) is 0 Å². The normalized spacial score (nSPS) is 40.2. The fourth-order valence-electron chi connectivity index (χ4n) is 7.54. The van der Waals surface area contributed by atoms with Gasteiger partial charge in [-0.25, -0.2) is 9.59 Å². The van der Waals surface area contributed by atoms with Crippen LogP contribution in [0.5, 0.6) is 0 Å². The standard InChI is InChI=1S/C24H37N3O5/c1-23(2,3)32-22(30)27-6-4-5-15-12-26(13-18(15)27)21(29)31-19-16-7-14-8-17(19)11-24(9-14,10-16)20(25)28/h14-19H,4-13H2,1-3H3,(H2,25,28)/t14?,15-,16?,17?,18+,19?,24?/m1/s1. The fourth-order valence-corrected chi connectivity index (χ4v) is 7.54. The molecule has 0 aromatic heterocycles. The fraction of sp³-hybridized carbons (Fsp3) is 0.875. The van der Waals surface area contributed by atoms with Crippen molar-refractivity contribution in [1.29, 1.82) is 0 Å². The summed E-state index contributed by atoms with van der Waals surface area (Å²) in [6.07, 6.45) is 5.73. The van der Waals surface area contributed by atoms with Gasteiger partial charge in [-0.3, -0.25) is 4.79 Å². The van der Waals surface area contributed by atoms with Gasteiger partial charge in [0.2, 0.25) is 5.91 Å². The molecule has 8 heteroatoms. The second-order valence-electron chi connectivity index (χ2n) is 12.0. The van der Waals surface area contributed by atoms with E-state index in [0.29, 0.717) is 25.6 Å². The van der Waals surface area contributed by atoms with Crippen LogP contribution in [0.4, 0.5) is 9.59 Å². The molecule has 3 amide bonds. The van der Waals surface area contributed by atoms with E-state index in [1.54, 1.807) is 4.90 Å². The smallest absolute Gasteiger partial charge is 0.410 e. The largest absolute Gasteiger partial charge is 0.446 e. The summed E-state index contributed by atoms with van der Waals surface area (Å²) in [5, 5.41) is 0. The van der Waals surface area contributed by atoms with Gasteiger partial charge < -0.3 is 25.0 Å². The summed E-state index contributed by atoms with van der Waals surface area (Å²) in [4.78, 5) is 41.7. The van der Waals surface area contributed by atoms with Crippen molar-refractivity contribution in [3.05, 3.63) is 0 Å². The highest BCUT2D eigenvalue weighted by Gasteiger charge is 2.59. The summed E-state index contributed by atoms with van der Waals surface area (Å²) in [7, 11) is 0. The Morgan fingerprint density at radius 2 is 1.66 bits per heavy atom. The highest BCUT2D eigenvalue weighted by Crippen LogP contribution is 2.60. The molecule has 2 unspecified atom stereocenters. The Morgan fingerprint density at radius 1 is 0.969 bits per heavy atom. The lowest BCUT2D eigenvalue weighted by Crippen LogP contribution is -2.59. The number of fused-ring (bicyclic) bond motifs is 1. The molecule has 178 valence electrons. The Kier molecular flexibility index (Phi) is 5.13. The third-order valence-electron chi connectivity index (χ3n) is 8.61. The van der Waals surface area contributed by atoms with E-state index in [1.807, 2.05) is 25.7 Å². The van der Waals surface area contributed by atoms with Crippen LogP contribution in [0.25, 0.3) is 0 Å². The number of nitrogens with zero attached hydrogens (tertiary/aromatic N) is 2. The Balaban J connectivity index is 1.23. The maximum absolute atomic E-state index is 13.2. The summed E-state index contributed by atoms with van der Waals surface area (Å²) >= 11 is 0. The van der Waals surface area contributed by atoms with Gasteiger partial charge in [-0.2, -0.15) is 0 Å². The van der Waals surface area contributed by atoms with Crippen LogP contribution >= 0.6 is 0 Å². The van der Waals surface area contributed by atoms with Crippen LogP contribution in [0.1, 0.15) is 65.7 Å². The predicted molar refractivity (Wildman–Crippen MR) is 116 cm³/mol. The first-order valence-corrected chi connectivity index (χ1v) is 12.3. The Hall–Kier alpha value is -1.99. The molecule has 4 bridgehead atoms. The topological polar surface area (TPSA) is 102 Å². The molecule has 32 heavy (non-hydrogen) atoms. The summed E-state index contributed by atoms with van der Waals surface area (Å²) in [6, 6.07) is -0.0113. The number of primary amides is 1. The number of piperidine rings is 1. The molecule has 6 fully saturated rings. The molecular weight excluding hydrogens is 410 g/mol. The molecule has 0 radical (unpaired) electrons. The van der Waals surface area contributed by atoms with Gasteiger partial charge in [0.25, 0.3) is 0 Å². The van der Waals surface area contributed by atoms with Gasteiger partial charge in [0.1, 0.15) is 11.7 Å². The van der Waals surface area contributed by atoms with Crippen molar-refractivity contribution >= 4 is 18.1 Å². The van der Waals surface area contributed by atoms with E-state index in [2.05, 4.69) is 0 Å². The number of hydrogen-bond acceptors (Lipinski definition) is 5. The molecule has 2 heterocycles. The van der Waals surface area contributed by atoms with E-state index in [-0.39, 0.29) is 53.4 Å². The molecule has 6 aliphatic rings. The molecule has 0 aromatic rings. The minimum absolute atomic E-state index is 0.0113. The van der Waals surface area contributed by atoms with Gasteiger partial charge in [-0.05, 0) is 89.4 Å². The summed E-state index contributed by atoms with van der Waals surface area (Å²) in [5.41, 5.74) is 4.87. The molecule has 2 aliphatic heterocycles. The van der Waals surface area contributed by atoms with Gasteiger partial charge in [0.15, 0.2) is 0 Å². The third kappa shape index (κ3) is 3.73. The Labute approximate surface area is 190 Å². The minimum Gasteiger partial charge on any atom is -0.446 e. The monoisotopic (exact) mass is 447 g/mol. The van der Waals surface area contributed by atoms with E-state index in [1.165, 1.54) is 0 Å². The van der Waals surface area contributed by atoms with E-state index < -0.39 is 5.60 Å². The molecule has 0 spiro atoms. The lowest BCUT2D eigenvalue weighted by atomic mass is 9.48. The number of hydrogen-bond donors (Lipinski definition) is 1. The maximum Gasteiger partial charge on any atom is 0.410 e. The number of ether oxygens (including phenoxy) is 2. The van der Waals surface area contributed by atoms with Crippen molar-refractivity contribution in [2.75, 3.05) is 19.6 Å². The van der Waals surface area contributed by atoms with Crippen LogP contribution in [0.3, 0.4) is 0 Å². The van der Waals surface area contributed by atoms with Crippen molar-refractivity contribution in [1.82, 2.24) is 9.80 Å². The van der Waals surface area contributed by atoms with Crippen molar-refractivity contribution < 1.29 is 23.9 Å². The minimum atomic E-state index is -0.539. The summed E-state index contributed by atoms with van der Waals surface area (Å²) < 4.78 is 11.7. The molecule has 6 rings (SSSR count). The van der Waals surface area contributed by atoms with Gasteiger partial charge in [0.05, 0.1) is 11.5 Å². The number of amides is 3. The third-order valence-corrected chi connectivity index (χ3v) is 8.61. The lowest BCUT2D eigenvalue weighted by molar-refractivity contribution is -0.161. The highest BCUT2D eigenvalue weighted by atomic mass is 16.6. The van der Waals surface area contributed by atoms with E-state index >= 15 is 0 Å². The van der Waals surface area contributed by atoms with Crippen molar-refractivity contribution in [3.63, 3.8) is 0 Å². The predicted octanol–water partition coefficient (Wildman–Crippen LogP) is 3.13. The first kappa shape index (κ1) is 21.8. The van der Waals surface area contributed by atoms with Gasteiger partial charge in [-0.1, -0.05) is 0 Å². The zero-order valence-corrected chi connectivity index (χ0v) is 19.5.